The first kappa shape index (κ1) is 29.8. The van der Waals surface area contributed by atoms with E-state index < -0.39 is 11.0 Å². The van der Waals surface area contributed by atoms with Gasteiger partial charge in [-0.15, -0.1) is 0 Å². The number of aromatic nitrogens is 1. The highest BCUT2D eigenvalue weighted by molar-refractivity contribution is 6.09. The molecule has 7 rings (SSSR count). The van der Waals surface area contributed by atoms with Gasteiger partial charge in [-0.3, -0.25) is 14.9 Å². The van der Waals surface area contributed by atoms with Crippen LogP contribution in [0.5, 0.6) is 0 Å². The number of nitrogens with zero attached hydrogens (tertiary/aromatic N) is 3. The first-order valence-electron chi connectivity index (χ1n) is 15.4. The quantitative estimate of drug-likeness (QED) is 0.151. The van der Waals surface area contributed by atoms with Crippen LogP contribution in [0.15, 0.2) is 91.0 Å². The van der Waals surface area contributed by atoms with Crippen molar-refractivity contribution < 1.29 is 18.9 Å². The molecule has 2 N–H and O–H groups in total. The highest BCUT2D eigenvalue weighted by Crippen LogP contribution is 2.38. The fraction of sp³-hybridized carbons (Fsp3) is 0.162. The van der Waals surface area contributed by atoms with Gasteiger partial charge in [-0.25, -0.2) is 14.2 Å². The lowest BCUT2D eigenvalue weighted by molar-refractivity contribution is -0.384. The number of non-ortho nitro benzene ring substituents is 1. The lowest BCUT2D eigenvalue weighted by atomic mass is 9.85. The molecule has 4 aromatic carbocycles. The van der Waals surface area contributed by atoms with Crippen LogP contribution < -0.4 is 10.6 Å². The molecular weight excluding hydrogens is 597 g/mol. The Bertz CT molecular complexity index is 2090. The molecule has 10 heteroatoms. The number of amides is 3. The second-order valence-electron chi connectivity index (χ2n) is 11.7. The molecule has 234 valence electrons. The van der Waals surface area contributed by atoms with Gasteiger partial charge in [-0.05, 0) is 96.0 Å². The Morgan fingerprint density at radius 1 is 0.894 bits per heavy atom. The molecule has 0 bridgehead atoms. The number of hydrogen-bond donors (Lipinski definition) is 2. The second kappa shape index (κ2) is 12.5. The smallest absolute Gasteiger partial charge is 0.323 e. The van der Waals surface area contributed by atoms with Crippen molar-refractivity contribution in [3.05, 3.63) is 140 Å². The molecule has 1 aliphatic heterocycles. The minimum atomic E-state index is -0.438. The van der Waals surface area contributed by atoms with Crippen molar-refractivity contribution in [2.45, 2.75) is 32.2 Å². The molecule has 0 atom stereocenters. The molecule has 5 aromatic rings. The first-order chi connectivity index (χ1) is 22.8. The zero-order valence-electron chi connectivity index (χ0n) is 25.3. The van der Waals surface area contributed by atoms with Crippen LogP contribution in [0, 0.1) is 15.9 Å². The van der Waals surface area contributed by atoms with Crippen molar-refractivity contribution in [3.8, 4) is 0 Å². The number of nitrogens with one attached hydrogen (secondary N) is 2. The lowest BCUT2D eigenvalue weighted by Crippen LogP contribution is -2.37. The monoisotopic (exact) mass is 627 g/mol. The fourth-order valence-corrected chi connectivity index (χ4v) is 6.52. The lowest BCUT2D eigenvalue weighted by Gasteiger charge is -2.32. The first-order valence-corrected chi connectivity index (χ1v) is 15.4. The van der Waals surface area contributed by atoms with Gasteiger partial charge in [0, 0.05) is 42.0 Å². The number of carbonyl (C=O) groups is 2. The third-order valence-electron chi connectivity index (χ3n) is 8.71. The molecule has 1 aliphatic carbocycles. The van der Waals surface area contributed by atoms with E-state index in [2.05, 4.69) is 10.6 Å². The fourth-order valence-electron chi connectivity index (χ4n) is 6.52. The van der Waals surface area contributed by atoms with Crippen molar-refractivity contribution in [2.75, 3.05) is 17.2 Å². The summed E-state index contributed by atoms with van der Waals surface area (Å²) in [6.45, 7) is 0.844. The number of para-hydroxylation sites is 1. The van der Waals surface area contributed by atoms with E-state index in [-0.39, 0.29) is 17.4 Å². The van der Waals surface area contributed by atoms with Crippen LogP contribution >= 0.6 is 0 Å². The molecule has 1 aromatic heterocycles. The number of hydrogen-bond acceptors (Lipinski definition) is 5. The maximum Gasteiger partial charge on any atom is 0.323 e. The summed E-state index contributed by atoms with van der Waals surface area (Å²) in [4.78, 5) is 45.0. The van der Waals surface area contributed by atoms with Crippen LogP contribution in [0.1, 0.15) is 51.1 Å². The average molecular weight is 628 g/mol. The summed E-state index contributed by atoms with van der Waals surface area (Å²) in [5.41, 5.74) is 7.77. The van der Waals surface area contributed by atoms with Crippen LogP contribution in [0.4, 0.5) is 26.2 Å². The Labute approximate surface area is 269 Å². The molecule has 0 saturated heterocycles. The van der Waals surface area contributed by atoms with Gasteiger partial charge < -0.3 is 15.5 Å². The van der Waals surface area contributed by atoms with E-state index in [1.165, 1.54) is 30.3 Å². The average Bonchev–Trinajstić information content (AvgIpc) is 3.08. The van der Waals surface area contributed by atoms with Gasteiger partial charge in [0.2, 0.25) is 0 Å². The summed E-state index contributed by atoms with van der Waals surface area (Å²) >= 11 is 0. The Morgan fingerprint density at radius 3 is 2.53 bits per heavy atom. The Hall–Kier alpha value is -5.90. The van der Waals surface area contributed by atoms with E-state index in [1.807, 2.05) is 59.5 Å². The molecule has 2 aliphatic rings. The van der Waals surface area contributed by atoms with Gasteiger partial charge in [0.15, 0.2) is 0 Å². The number of nitro benzene ring substituents is 1. The minimum absolute atomic E-state index is 0.0231. The number of anilines is 2. The molecule has 3 amide bonds. The van der Waals surface area contributed by atoms with E-state index in [0.717, 1.165) is 51.7 Å². The Kier molecular flexibility index (Phi) is 7.91. The van der Waals surface area contributed by atoms with Crippen LogP contribution in [0.3, 0.4) is 0 Å². The van der Waals surface area contributed by atoms with E-state index in [1.54, 1.807) is 12.1 Å². The van der Waals surface area contributed by atoms with E-state index in [0.29, 0.717) is 48.4 Å². The van der Waals surface area contributed by atoms with Crippen molar-refractivity contribution in [1.82, 2.24) is 9.88 Å². The van der Waals surface area contributed by atoms with Crippen molar-refractivity contribution in [2.24, 2.45) is 0 Å². The number of halogens is 1. The molecule has 0 unspecified atom stereocenters. The topological polar surface area (TPSA) is 117 Å². The van der Waals surface area contributed by atoms with Gasteiger partial charge >= 0.3 is 6.03 Å². The summed E-state index contributed by atoms with van der Waals surface area (Å²) in [5, 5.41) is 17.8. The summed E-state index contributed by atoms with van der Waals surface area (Å²) in [6.07, 6.45) is 4.76. The molecule has 0 saturated carbocycles. The summed E-state index contributed by atoms with van der Waals surface area (Å²) in [6, 6.07) is 25.0. The SMILES string of the molecule is O=C(Nc1ccc(F)cc1)Nc1cccc2c1CCN(C(=O)c1c3c(nc4ccccc14)/C(=C/c1cccc([N+](=O)[O-])c1)CCC3)C2. The van der Waals surface area contributed by atoms with Crippen LogP contribution in [-0.2, 0) is 19.4 Å². The van der Waals surface area contributed by atoms with Gasteiger partial charge in [-0.2, -0.15) is 0 Å². The summed E-state index contributed by atoms with van der Waals surface area (Å²) in [7, 11) is 0. The molecule has 0 spiro atoms. The van der Waals surface area contributed by atoms with Crippen molar-refractivity contribution in [1.29, 1.82) is 0 Å². The predicted octanol–water partition coefficient (Wildman–Crippen LogP) is 8.00. The maximum absolute atomic E-state index is 14.5. The summed E-state index contributed by atoms with van der Waals surface area (Å²) in [5.74, 6) is -0.459. The number of nitro groups is 1. The number of benzene rings is 4. The molecule has 9 nitrogen and oxygen atoms in total. The maximum atomic E-state index is 14.5. The number of rotatable bonds is 5. The van der Waals surface area contributed by atoms with Crippen LogP contribution in [-0.4, -0.2) is 33.3 Å². The van der Waals surface area contributed by atoms with Crippen molar-refractivity contribution >= 4 is 51.6 Å². The van der Waals surface area contributed by atoms with E-state index in [9.17, 15) is 24.1 Å². The number of fused-ring (bicyclic) bond motifs is 3. The zero-order chi connectivity index (χ0) is 32.5. The normalized spacial score (nSPS) is 14.7. The zero-order valence-corrected chi connectivity index (χ0v) is 25.3. The number of allylic oxidation sites excluding steroid dienone is 1. The number of carbonyl (C=O) groups excluding carboxylic acids is 2. The predicted molar refractivity (Wildman–Crippen MR) is 180 cm³/mol. The van der Waals surface area contributed by atoms with Gasteiger partial charge in [0.25, 0.3) is 11.6 Å². The molecular formula is C37H30FN5O4. The van der Waals surface area contributed by atoms with Gasteiger partial charge in [0.05, 0.1) is 21.7 Å². The number of pyridine rings is 1. The third-order valence-corrected chi connectivity index (χ3v) is 8.71. The Morgan fingerprint density at radius 2 is 1.70 bits per heavy atom. The van der Waals surface area contributed by atoms with Gasteiger partial charge in [0.1, 0.15) is 5.82 Å². The number of urea groups is 1. The molecule has 0 fully saturated rings. The highest BCUT2D eigenvalue weighted by atomic mass is 19.1. The van der Waals surface area contributed by atoms with E-state index in [4.69, 9.17) is 4.98 Å². The van der Waals surface area contributed by atoms with Gasteiger partial charge in [-0.1, -0.05) is 42.5 Å². The second-order valence-corrected chi connectivity index (χ2v) is 11.7. The Balaban J connectivity index is 1.19. The standard InChI is InChI=1S/C37H30FN5O4/c38-26-14-16-27(17-15-26)39-37(45)41-32-13-5-8-25-22-42(19-18-29(25)32)36(44)34-30-10-1-2-12-33(30)40-35-24(7-4-11-31(34)35)20-23-6-3-9-28(21-23)43(46)47/h1-3,5-6,8-10,12-17,20-21H,4,7,11,18-19,22H2,(H2,39,41,45)/b24-20+. The third kappa shape index (κ3) is 6.05. The molecule has 2 heterocycles. The van der Waals surface area contributed by atoms with E-state index >= 15 is 0 Å². The summed E-state index contributed by atoms with van der Waals surface area (Å²) < 4.78 is 13.3. The van der Waals surface area contributed by atoms with Crippen LogP contribution in [0.2, 0.25) is 0 Å². The largest absolute Gasteiger partial charge is 0.334 e. The van der Waals surface area contributed by atoms with Crippen LogP contribution in [0.25, 0.3) is 22.6 Å². The van der Waals surface area contributed by atoms with Crippen molar-refractivity contribution in [3.63, 3.8) is 0 Å². The molecule has 0 radical (unpaired) electrons. The highest BCUT2D eigenvalue weighted by Gasteiger charge is 2.30. The minimum Gasteiger partial charge on any atom is -0.334 e. The molecule has 47 heavy (non-hydrogen) atoms.